The molecule has 3 nitrogen and oxygen atoms in total. The Morgan fingerprint density at radius 1 is 1.12 bits per heavy atom. The topological polar surface area (TPSA) is 51.2 Å². The number of aryl methyl sites for hydroxylation is 1. The van der Waals surface area contributed by atoms with E-state index in [1.807, 2.05) is 6.92 Å². The van der Waals surface area contributed by atoms with Crippen LogP contribution in [0.2, 0.25) is 0 Å². The Kier molecular flexibility index (Phi) is 3.33. The summed E-state index contributed by atoms with van der Waals surface area (Å²) in [5.41, 5.74) is 1.01. The number of hydrogen-bond donors (Lipinski definition) is 0. The lowest BCUT2D eigenvalue weighted by Crippen LogP contribution is -2.33. The first-order valence-corrected chi connectivity index (χ1v) is 7.40. The van der Waals surface area contributed by atoms with Crippen LogP contribution in [0.3, 0.4) is 0 Å². The van der Waals surface area contributed by atoms with Crippen molar-refractivity contribution in [3.8, 4) is 0 Å². The van der Waals surface area contributed by atoms with Gasteiger partial charge in [-0.1, -0.05) is 24.1 Å². The average molecular weight is 252 g/mol. The van der Waals surface area contributed by atoms with Crippen LogP contribution >= 0.6 is 0 Å². The molecular weight excluding hydrogens is 236 g/mol. The van der Waals surface area contributed by atoms with Crippen molar-refractivity contribution in [2.45, 2.75) is 42.8 Å². The standard InChI is InChI=1S/C13H16O3S/c1-10-6-8-11(9-7-10)17(15,16)13-5-3-2-4-12(13)14/h6-9,13H,2-5H2,1H3/t13-/m0/s1. The first-order chi connectivity index (χ1) is 8.01. The molecule has 0 heterocycles. The summed E-state index contributed by atoms with van der Waals surface area (Å²) in [5.74, 6) is -0.128. The Hall–Kier alpha value is -1.16. The van der Waals surface area contributed by atoms with Crippen LogP contribution in [0.4, 0.5) is 0 Å². The highest BCUT2D eigenvalue weighted by Gasteiger charge is 2.35. The van der Waals surface area contributed by atoms with Gasteiger partial charge in [-0.3, -0.25) is 4.79 Å². The fraction of sp³-hybridized carbons (Fsp3) is 0.462. The lowest BCUT2D eigenvalue weighted by Gasteiger charge is -2.20. The molecule has 1 aromatic rings. The predicted octanol–water partition coefficient (Wildman–Crippen LogP) is 2.28. The summed E-state index contributed by atoms with van der Waals surface area (Å²) < 4.78 is 24.6. The largest absolute Gasteiger partial charge is 0.298 e. The van der Waals surface area contributed by atoms with Crippen molar-refractivity contribution in [1.29, 1.82) is 0 Å². The molecule has 0 bridgehead atoms. The van der Waals surface area contributed by atoms with E-state index in [4.69, 9.17) is 0 Å². The first kappa shape index (κ1) is 12.3. The first-order valence-electron chi connectivity index (χ1n) is 5.85. The van der Waals surface area contributed by atoms with E-state index in [0.717, 1.165) is 18.4 Å². The molecule has 4 heteroatoms. The highest BCUT2D eigenvalue weighted by atomic mass is 32.2. The van der Waals surface area contributed by atoms with Crippen LogP contribution in [0.5, 0.6) is 0 Å². The second-order valence-electron chi connectivity index (χ2n) is 4.56. The van der Waals surface area contributed by atoms with Gasteiger partial charge < -0.3 is 0 Å². The van der Waals surface area contributed by atoms with Gasteiger partial charge in [-0.25, -0.2) is 8.42 Å². The van der Waals surface area contributed by atoms with Crippen LogP contribution in [-0.4, -0.2) is 19.5 Å². The number of benzene rings is 1. The Morgan fingerprint density at radius 2 is 1.76 bits per heavy atom. The molecule has 1 saturated carbocycles. The fourth-order valence-corrected chi connectivity index (χ4v) is 3.96. The van der Waals surface area contributed by atoms with Gasteiger partial charge in [-0.2, -0.15) is 0 Å². The normalized spacial score (nSPS) is 21.5. The Bertz CT molecular complexity index is 514. The Labute approximate surface area is 102 Å². The van der Waals surface area contributed by atoms with Gasteiger partial charge >= 0.3 is 0 Å². The van der Waals surface area contributed by atoms with Gasteiger partial charge in [0.25, 0.3) is 0 Å². The molecule has 1 aliphatic rings. The van der Waals surface area contributed by atoms with Crippen molar-refractivity contribution in [2.24, 2.45) is 0 Å². The maximum Gasteiger partial charge on any atom is 0.188 e. The van der Waals surface area contributed by atoms with Crippen molar-refractivity contribution in [1.82, 2.24) is 0 Å². The highest BCUT2D eigenvalue weighted by molar-refractivity contribution is 7.92. The SMILES string of the molecule is Cc1ccc(S(=O)(=O)[C@H]2CCCCC2=O)cc1. The smallest absolute Gasteiger partial charge is 0.188 e. The van der Waals surface area contributed by atoms with E-state index < -0.39 is 15.1 Å². The molecule has 1 fully saturated rings. The molecule has 1 aromatic carbocycles. The summed E-state index contributed by atoms with van der Waals surface area (Å²) in [7, 11) is -3.48. The van der Waals surface area contributed by atoms with E-state index in [9.17, 15) is 13.2 Å². The molecular formula is C13H16O3S. The zero-order chi connectivity index (χ0) is 12.5. The lowest BCUT2D eigenvalue weighted by atomic mass is 9.99. The van der Waals surface area contributed by atoms with Gasteiger partial charge in [0.05, 0.1) is 4.90 Å². The number of Topliss-reactive ketones (excluding diaryl/α,β-unsaturated/α-hetero) is 1. The van der Waals surface area contributed by atoms with Crippen molar-refractivity contribution < 1.29 is 13.2 Å². The summed E-state index contributed by atoms with van der Waals surface area (Å²) in [6.45, 7) is 1.90. The molecule has 2 rings (SSSR count). The van der Waals surface area contributed by atoms with E-state index in [2.05, 4.69) is 0 Å². The maximum absolute atomic E-state index is 12.3. The number of hydrogen-bond acceptors (Lipinski definition) is 3. The van der Waals surface area contributed by atoms with Gasteiger partial charge in [0.1, 0.15) is 5.25 Å². The molecule has 0 unspecified atom stereocenters. The summed E-state index contributed by atoms with van der Waals surface area (Å²) in [4.78, 5) is 12.0. The molecule has 0 N–H and O–H groups in total. The van der Waals surface area contributed by atoms with Crippen LogP contribution in [0, 0.1) is 6.92 Å². The van der Waals surface area contributed by atoms with Crippen LogP contribution in [0.1, 0.15) is 31.2 Å². The average Bonchev–Trinajstić information content (AvgIpc) is 2.30. The minimum absolute atomic E-state index is 0.128. The van der Waals surface area contributed by atoms with E-state index in [1.165, 1.54) is 0 Å². The fourth-order valence-electron chi connectivity index (χ4n) is 2.17. The van der Waals surface area contributed by atoms with Crippen LogP contribution in [0.25, 0.3) is 0 Å². The number of sulfone groups is 1. The number of carbonyl (C=O) groups excluding carboxylic acids is 1. The third kappa shape index (κ3) is 2.41. The monoisotopic (exact) mass is 252 g/mol. The Balaban J connectivity index is 2.35. The van der Waals surface area contributed by atoms with Crippen LogP contribution in [-0.2, 0) is 14.6 Å². The minimum atomic E-state index is -3.48. The van der Waals surface area contributed by atoms with E-state index in [-0.39, 0.29) is 10.7 Å². The molecule has 1 aliphatic carbocycles. The zero-order valence-corrected chi connectivity index (χ0v) is 10.7. The quantitative estimate of drug-likeness (QED) is 0.811. The molecule has 0 spiro atoms. The molecule has 0 aromatic heterocycles. The molecule has 0 saturated heterocycles. The summed E-state index contributed by atoms with van der Waals surface area (Å²) >= 11 is 0. The van der Waals surface area contributed by atoms with Gasteiger partial charge in [0.15, 0.2) is 15.6 Å². The van der Waals surface area contributed by atoms with E-state index in [1.54, 1.807) is 24.3 Å². The maximum atomic E-state index is 12.3. The van der Waals surface area contributed by atoms with Crippen molar-refractivity contribution in [3.05, 3.63) is 29.8 Å². The third-order valence-corrected chi connectivity index (χ3v) is 5.40. The Morgan fingerprint density at radius 3 is 2.35 bits per heavy atom. The number of rotatable bonds is 2. The second kappa shape index (κ2) is 4.61. The summed E-state index contributed by atoms with van der Waals surface area (Å²) in [6, 6.07) is 6.71. The highest BCUT2D eigenvalue weighted by Crippen LogP contribution is 2.26. The molecule has 0 radical (unpaired) electrons. The van der Waals surface area contributed by atoms with Gasteiger partial charge in [-0.05, 0) is 31.9 Å². The van der Waals surface area contributed by atoms with E-state index >= 15 is 0 Å². The predicted molar refractivity (Wildman–Crippen MR) is 65.6 cm³/mol. The van der Waals surface area contributed by atoms with Crippen molar-refractivity contribution in [2.75, 3.05) is 0 Å². The van der Waals surface area contributed by atoms with Crippen LogP contribution < -0.4 is 0 Å². The zero-order valence-electron chi connectivity index (χ0n) is 9.85. The minimum Gasteiger partial charge on any atom is -0.298 e. The van der Waals surface area contributed by atoms with Crippen molar-refractivity contribution >= 4 is 15.6 Å². The lowest BCUT2D eigenvalue weighted by molar-refractivity contribution is -0.119. The summed E-state index contributed by atoms with van der Waals surface area (Å²) in [6.07, 6.45) is 2.51. The summed E-state index contributed by atoms with van der Waals surface area (Å²) in [5, 5.41) is -0.820. The molecule has 17 heavy (non-hydrogen) atoms. The van der Waals surface area contributed by atoms with Crippen molar-refractivity contribution in [3.63, 3.8) is 0 Å². The van der Waals surface area contributed by atoms with Gasteiger partial charge in [-0.15, -0.1) is 0 Å². The molecule has 1 atom stereocenters. The molecule has 0 aliphatic heterocycles. The van der Waals surface area contributed by atoms with Crippen LogP contribution in [0.15, 0.2) is 29.2 Å². The molecule has 0 amide bonds. The molecule has 92 valence electrons. The number of ketones is 1. The van der Waals surface area contributed by atoms with Gasteiger partial charge in [0, 0.05) is 6.42 Å². The second-order valence-corrected chi connectivity index (χ2v) is 6.69. The number of carbonyl (C=O) groups is 1. The third-order valence-electron chi connectivity index (χ3n) is 3.22. The van der Waals surface area contributed by atoms with E-state index in [0.29, 0.717) is 12.8 Å². The van der Waals surface area contributed by atoms with Gasteiger partial charge in [0.2, 0.25) is 0 Å².